The minimum absolute atomic E-state index is 0.0308. The molecule has 5 N–H and O–H groups in total. The number of likely N-dealkylation sites (tertiary alicyclic amines) is 1. The van der Waals surface area contributed by atoms with Gasteiger partial charge in [-0.3, -0.25) is 14.4 Å². The fourth-order valence-electron chi connectivity index (χ4n) is 9.80. The summed E-state index contributed by atoms with van der Waals surface area (Å²) in [7, 11) is 5.44. The minimum Gasteiger partial charge on any atom is -0.496 e. The lowest BCUT2D eigenvalue weighted by atomic mass is 9.45. The molecule has 0 spiro atoms. The highest BCUT2D eigenvalue weighted by Crippen LogP contribution is 2.61. The Morgan fingerprint density at radius 1 is 1.09 bits per heavy atom. The van der Waals surface area contributed by atoms with Crippen molar-refractivity contribution < 1.29 is 34.5 Å². The third-order valence-electron chi connectivity index (χ3n) is 13.2. The molecule has 2 aromatic rings. The van der Waals surface area contributed by atoms with E-state index in [0.29, 0.717) is 35.6 Å². The van der Waals surface area contributed by atoms with Crippen LogP contribution in [0.15, 0.2) is 36.4 Å². The number of hydrogen-bond acceptors (Lipinski definition) is 10. The van der Waals surface area contributed by atoms with Gasteiger partial charge in [-0.2, -0.15) is 5.06 Å². The molecule has 2 saturated heterocycles. The van der Waals surface area contributed by atoms with E-state index in [0.717, 1.165) is 54.7 Å². The van der Waals surface area contributed by atoms with Gasteiger partial charge in [-0.15, -0.1) is 0 Å². The van der Waals surface area contributed by atoms with Crippen LogP contribution >= 0.6 is 0 Å². The first-order valence-corrected chi connectivity index (χ1v) is 19.9. The van der Waals surface area contributed by atoms with Gasteiger partial charge in [0.25, 0.3) is 5.91 Å². The number of amides is 2. The normalized spacial score (nSPS) is 29.6. The van der Waals surface area contributed by atoms with Gasteiger partial charge in [0.1, 0.15) is 17.9 Å². The van der Waals surface area contributed by atoms with Gasteiger partial charge in [-0.25, -0.2) is 0 Å². The van der Waals surface area contributed by atoms with E-state index in [9.17, 15) is 24.9 Å². The minimum atomic E-state index is -0.908. The zero-order valence-corrected chi connectivity index (χ0v) is 33.4. The molecule has 1 unspecified atom stereocenters. The molecule has 3 aliphatic carbocycles. The summed E-state index contributed by atoms with van der Waals surface area (Å²) in [4.78, 5) is 38.6. The number of nitrogens with zero attached hydrogens (tertiary/aromatic N) is 3. The number of ether oxygens (including phenoxy) is 1. The number of anilines is 1. The fraction of sp³-hybridized carbons (Fsp3) is 0.667. The maximum atomic E-state index is 14.3. The van der Waals surface area contributed by atoms with Gasteiger partial charge in [0, 0.05) is 55.0 Å². The van der Waals surface area contributed by atoms with Crippen LogP contribution in [-0.4, -0.2) is 121 Å². The van der Waals surface area contributed by atoms with Crippen molar-refractivity contribution in [2.24, 2.45) is 29.1 Å². The number of hydrogen-bond donors (Lipinski definition) is 5. The number of fused-ring (bicyclic) bond motifs is 2. The Labute approximate surface area is 321 Å². The van der Waals surface area contributed by atoms with Crippen LogP contribution in [0.3, 0.4) is 0 Å². The molecule has 7 rings (SSSR count). The molecule has 5 aliphatic rings. The van der Waals surface area contributed by atoms with Gasteiger partial charge in [0.15, 0.2) is 0 Å². The fourth-order valence-corrected chi connectivity index (χ4v) is 9.80. The third kappa shape index (κ3) is 8.01. The first-order valence-electron chi connectivity index (χ1n) is 19.9. The summed E-state index contributed by atoms with van der Waals surface area (Å²) >= 11 is 0. The van der Waals surface area contributed by atoms with Crippen LogP contribution in [0.5, 0.6) is 5.75 Å². The molecule has 0 radical (unpaired) electrons. The molecular formula is C42H63N5O7. The number of carbonyl (C=O) groups excluding carboxylic acids is 2. The number of para-hydroxylation sites is 1. The Kier molecular flexibility index (Phi) is 12.3. The Balaban J connectivity index is 1.28. The van der Waals surface area contributed by atoms with Crippen LogP contribution in [-0.2, 0) is 16.2 Å². The van der Waals surface area contributed by atoms with Gasteiger partial charge in [-0.1, -0.05) is 39.0 Å². The standard InChI is InChI=1S/C42H63N5O7/c1-24-33-19-30(42(33,4)5)20-34(24)43-41(52)38-37(26(3)50)36(23-48)54-47(38)21-27-12-11-13-32(39(27)53-8)28-16-29(18-31(17-28)45(6)7)40(51)44-35(25(2)49)22-46-14-9-10-15-46/h11-13,16-18,24-26,30,33-38,48-50H,9-10,14-15,19-23H2,1-8H3,(H,43,52)(H,44,51)/t24-,25+,26-,30+,33-,34-,35+,36-,37?,38-/m0/s1. The predicted molar refractivity (Wildman–Crippen MR) is 209 cm³/mol. The van der Waals surface area contributed by atoms with Crippen molar-refractivity contribution in [3.63, 3.8) is 0 Å². The predicted octanol–water partition coefficient (Wildman–Crippen LogP) is 3.66. The van der Waals surface area contributed by atoms with E-state index in [-0.39, 0.29) is 36.4 Å². The van der Waals surface area contributed by atoms with E-state index in [1.165, 1.54) is 6.42 Å². The summed E-state index contributed by atoms with van der Waals surface area (Å²) < 4.78 is 6.07. The summed E-state index contributed by atoms with van der Waals surface area (Å²) in [6.45, 7) is 12.6. The zero-order valence-electron chi connectivity index (χ0n) is 33.4. The molecular weight excluding hydrogens is 686 g/mol. The molecule has 2 heterocycles. The molecule has 0 aromatic heterocycles. The molecule has 2 aliphatic heterocycles. The lowest BCUT2D eigenvalue weighted by molar-refractivity contribution is -0.183. The first kappa shape index (κ1) is 40.4. The number of hydroxylamine groups is 2. The largest absolute Gasteiger partial charge is 0.496 e. The number of aliphatic hydroxyl groups is 3. The van der Waals surface area contributed by atoms with Crippen molar-refractivity contribution in [1.82, 2.24) is 20.6 Å². The number of nitrogens with one attached hydrogen (secondary N) is 2. The van der Waals surface area contributed by atoms with E-state index in [1.807, 2.05) is 55.4 Å². The van der Waals surface area contributed by atoms with Crippen LogP contribution in [0.25, 0.3) is 11.1 Å². The van der Waals surface area contributed by atoms with Gasteiger partial charge in [0.05, 0.1) is 38.5 Å². The molecule has 2 bridgehead atoms. The van der Waals surface area contributed by atoms with E-state index >= 15 is 0 Å². The number of benzene rings is 2. The van der Waals surface area contributed by atoms with Gasteiger partial charge in [0.2, 0.25) is 5.91 Å². The number of rotatable bonds is 14. The Hall–Kier alpha value is -3.26. The highest BCUT2D eigenvalue weighted by Gasteiger charge is 2.57. The summed E-state index contributed by atoms with van der Waals surface area (Å²) in [6.07, 6.45) is 1.97. The van der Waals surface area contributed by atoms with Gasteiger partial charge in [-0.05, 0) is 99.6 Å². The Bertz CT molecular complexity index is 1640. The molecule has 12 nitrogen and oxygen atoms in total. The van der Waals surface area contributed by atoms with Crippen molar-refractivity contribution in [3.8, 4) is 16.9 Å². The van der Waals surface area contributed by atoms with E-state index < -0.39 is 36.3 Å². The van der Waals surface area contributed by atoms with Crippen molar-refractivity contribution >= 4 is 17.5 Å². The van der Waals surface area contributed by atoms with Crippen molar-refractivity contribution in [2.75, 3.05) is 52.3 Å². The highest BCUT2D eigenvalue weighted by molar-refractivity contribution is 5.97. The van der Waals surface area contributed by atoms with Crippen molar-refractivity contribution in [2.45, 2.75) is 103 Å². The number of methoxy groups -OCH3 is 1. The summed E-state index contributed by atoms with van der Waals surface area (Å²) in [5.41, 5.74) is 3.81. The molecule has 54 heavy (non-hydrogen) atoms. The van der Waals surface area contributed by atoms with Crippen molar-refractivity contribution in [1.29, 1.82) is 0 Å². The number of carbonyl (C=O) groups is 2. The molecule has 5 fully saturated rings. The monoisotopic (exact) mass is 749 g/mol. The lowest BCUT2D eigenvalue weighted by Gasteiger charge is -2.62. The first-order chi connectivity index (χ1) is 25.6. The van der Waals surface area contributed by atoms with E-state index in [1.54, 1.807) is 26.0 Å². The summed E-state index contributed by atoms with van der Waals surface area (Å²) in [5, 5.41) is 39.9. The second kappa shape index (κ2) is 16.5. The maximum Gasteiger partial charge on any atom is 0.251 e. The second-order valence-electron chi connectivity index (χ2n) is 17.2. The quantitative estimate of drug-likeness (QED) is 0.194. The van der Waals surface area contributed by atoms with E-state index in [2.05, 4.69) is 36.3 Å². The molecule has 10 atom stereocenters. The number of aliphatic hydroxyl groups excluding tert-OH is 3. The Morgan fingerprint density at radius 3 is 2.41 bits per heavy atom. The molecule has 2 aromatic carbocycles. The van der Waals surface area contributed by atoms with Crippen LogP contribution < -0.4 is 20.3 Å². The highest BCUT2D eigenvalue weighted by atomic mass is 16.7. The molecule has 2 amide bonds. The van der Waals surface area contributed by atoms with Crippen LogP contribution in [0, 0.1) is 29.1 Å². The van der Waals surface area contributed by atoms with Crippen molar-refractivity contribution in [3.05, 3.63) is 47.5 Å². The van der Waals surface area contributed by atoms with Crippen LogP contribution in [0.2, 0.25) is 0 Å². The molecule has 3 saturated carbocycles. The topological polar surface area (TPSA) is 147 Å². The lowest BCUT2D eigenvalue weighted by Crippen LogP contribution is -2.62. The SMILES string of the molecule is COc1c(CN2O[C@@H](CO)C([C@H](C)O)[C@H]2C(=O)N[C@H]2C[C@H]3C[C@@H]([C@@H]2C)C3(C)C)cccc1-c1cc(C(=O)N[C@H](CN2CCCC2)[C@@H](C)O)cc(N(C)C)c1. The smallest absolute Gasteiger partial charge is 0.251 e. The molecule has 12 heteroatoms. The third-order valence-corrected chi connectivity index (χ3v) is 13.2. The van der Waals surface area contributed by atoms with Gasteiger partial charge < -0.3 is 40.5 Å². The summed E-state index contributed by atoms with van der Waals surface area (Å²) in [5.74, 6) is 0.870. The van der Waals surface area contributed by atoms with Crippen LogP contribution in [0.4, 0.5) is 5.69 Å². The van der Waals surface area contributed by atoms with Gasteiger partial charge >= 0.3 is 0 Å². The average Bonchev–Trinajstić information content (AvgIpc) is 3.79. The second-order valence-corrected chi connectivity index (χ2v) is 17.2. The van der Waals surface area contributed by atoms with Crippen LogP contribution in [0.1, 0.15) is 76.2 Å². The van der Waals surface area contributed by atoms with E-state index in [4.69, 9.17) is 9.57 Å². The zero-order chi connectivity index (χ0) is 39.1. The Morgan fingerprint density at radius 2 is 1.81 bits per heavy atom. The summed E-state index contributed by atoms with van der Waals surface area (Å²) in [6, 6.07) is 10.2. The molecule has 298 valence electrons. The average molecular weight is 750 g/mol. The maximum absolute atomic E-state index is 14.3.